The number of rotatable bonds is 7. The molecule has 1 amide bonds. The summed E-state index contributed by atoms with van der Waals surface area (Å²) < 4.78 is 35.6. The number of benzene rings is 4. The third kappa shape index (κ3) is 5.32. The van der Waals surface area contributed by atoms with E-state index in [0.29, 0.717) is 11.3 Å². The number of fused-ring (bicyclic) bond motifs is 1. The molecule has 0 aromatic heterocycles. The van der Waals surface area contributed by atoms with Crippen molar-refractivity contribution in [2.24, 2.45) is 0 Å². The van der Waals surface area contributed by atoms with Crippen LogP contribution in [0.1, 0.15) is 5.56 Å². The van der Waals surface area contributed by atoms with Crippen molar-refractivity contribution in [1.82, 2.24) is 0 Å². The molecule has 0 radical (unpaired) electrons. The topological polar surface area (TPSA) is 105 Å². The van der Waals surface area contributed by atoms with E-state index in [1.54, 1.807) is 24.3 Å². The molecule has 4 aromatic carbocycles. The first-order chi connectivity index (χ1) is 16.9. The van der Waals surface area contributed by atoms with Crippen molar-refractivity contribution in [2.45, 2.75) is 4.90 Å². The molecule has 0 unspecified atom stereocenters. The predicted octanol–water partition coefficient (Wildman–Crippen LogP) is 5.16. The van der Waals surface area contributed by atoms with Crippen LogP contribution in [0, 0.1) is 11.3 Å². The zero-order chi connectivity index (χ0) is 24.8. The highest BCUT2D eigenvalue weighted by Gasteiger charge is 2.19. The Morgan fingerprint density at radius 3 is 2.37 bits per heavy atom. The van der Waals surface area contributed by atoms with E-state index in [2.05, 4.69) is 5.32 Å². The van der Waals surface area contributed by atoms with E-state index < -0.39 is 16.0 Å². The second-order valence-electron chi connectivity index (χ2n) is 7.41. The molecule has 0 saturated carbocycles. The molecule has 7 nitrogen and oxygen atoms in total. The van der Waals surface area contributed by atoms with Crippen LogP contribution in [0.2, 0.25) is 0 Å². The largest absolute Gasteiger partial charge is 0.493 e. The van der Waals surface area contributed by atoms with E-state index in [4.69, 9.17) is 8.92 Å². The summed E-state index contributed by atoms with van der Waals surface area (Å²) in [6, 6.07) is 27.2. The van der Waals surface area contributed by atoms with Gasteiger partial charge in [0.2, 0.25) is 0 Å². The molecular formula is C27H20N2O5S. The monoisotopic (exact) mass is 484 g/mol. The molecule has 4 rings (SSSR count). The van der Waals surface area contributed by atoms with Crippen molar-refractivity contribution in [1.29, 1.82) is 5.26 Å². The molecule has 0 atom stereocenters. The Morgan fingerprint density at radius 2 is 1.63 bits per heavy atom. The second-order valence-corrected chi connectivity index (χ2v) is 8.96. The van der Waals surface area contributed by atoms with Crippen molar-refractivity contribution < 1.29 is 22.1 Å². The maximum Gasteiger partial charge on any atom is 0.339 e. The number of anilines is 1. The molecule has 0 spiro atoms. The summed E-state index contributed by atoms with van der Waals surface area (Å²) in [6.45, 7) is 0. The summed E-state index contributed by atoms with van der Waals surface area (Å²) in [7, 11) is -2.70. The van der Waals surface area contributed by atoms with E-state index in [9.17, 15) is 18.5 Å². The highest BCUT2D eigenvalue weighted by Crippen LogP contribution is 2.31. The SMILES string of the molecule is COc1cc(/C=C(\C#N)C(=O)Nc2cccc3ccccc23)ccc1OS(=O)(=O)c1ccccc1. The molecular weight excluding hydrogens is 464 g/mol. The Labute approximate surface area is 203 Å². The fraction of sp³-hybridized carbons (Fsp3) is 0.0370. The number of carbonyl (C=O) groups is 1. The van der Waals surface area contributed by atoms with Gasteiger partial charge in [-0.1, -0.05) is 60.7 Å². The van der Waals surface area contributed by atoms with Gasteiger partial charge in [-0.15, -0.1) is 0 Å². The summed E-state index contributed by atoms with van der Waals surface area (Å²) in [5.41, 5.74) is 0.906. The lowest BCUT2D eigenvalue weighted by atomic mass is 10.1. The van der Waals surface area contributed by atoms with E-state index in [0.717, 1.165) is 10.8 Å². The van der Waals surface area contributed by atoms with Gasteiger partial charge in [0, 0.05) is 11.1 Å². The third-order valence-electron chi connectivity index (χ3n) is 5.13. The molecule has 35 heavy (non-hydrogen) atoms. The number of nitrogens with zero attached hydrogens (tertiary/aromatic N) is 1. The number of nitriles is 1. The van der Waals surface area contributed by atoms with Crippen LogP contribution in [-0.4, -0.2) is 21.4 Å². The molecule has 174 valence electrons. The first-order valence-electron chi connectivity index (χ1n) is 10.5. The van der Waals surface area contributed by atoms with Crippen molar-refractivity contribution >= 4 is 38.6 Å². The van der Waals surface area contributed by atoms with Crippen LogP contribution in [0.25, 0.3) is 16.8 Å². The van der Waals surface area contributed by atoms with Crippen molar-refractivity contribution in [3.05, 3.63) is 102 Å². The predicted molar refractivity (Wildman–Crippen MR) is 133 cm³/mol. The minimum Gasteiger partial charge on any atom is -0.493 e. The van der Waals surface area contributed by atoms with Crippen molar-refractivity contribution in [2.75, 3.05) is 12.4 Å². The van der Waals surface area contributed by atoms with Gasteiger partial charge >= 0.3 is 10.1 Å². The van der Waals surface area contributed by atoms with E-state index >= 15 is 0 Å². The third-order valence-corrected chi connectivity index (χ3v) is 6.38. The lowest BCUT2D eigenvalue weighted by molar-refractivity contribution is -0.112. The molecule has 0 bridgehead atoms. The normalized spacial score (nSPS) is 11.5. The minimum atomic E-state index is -4.06. The van der Waals surface area contributed by atoms with Crippen LogP contribution in [0.5, 0.6) is 11.5 Å². The Hall–Kier alpha value is -4.61. The number of hydrogen-bond acceptors (Lipinski definition) is 6. The Morgan fingerprint density at radius 1 is 0.914 bits per heavy atom. The summed E-state index contributed by atoms with van der Waals surface area (Å²) in [4.78, 5) is 12.8. The van der Waals surface area contributed by atoms with Gasteiger partial charge in [-0.3, -0.25) is 4.79 Å². The number of ether oxygens (including phenoxy) is 1. The number of amides is 1. The van der Waals surface area contributed by atoms with E-state index in [1.807, 2.05) is 42.5 Å². The van der Waals surface area contributed by atoms with Crippen LogP contribution in [0.3, 0.4) is 0 Å². The maximum absolute atomic E-state index is 12.8. The van der Waals surface area contributed by atoms with Gasteiger partial charge in [-0.25, -0.2) is 0 Å². The van der Waals surface area contributed by atoms with Crippen LogP contribution >= 0.6 is 0 Å². The minimum absolute atomic E-state index is 0.00268. The van der Waals surface area contributed by atoms with Gasteiger partial charge in [0.25, 0.3) is 5.91 Å². The zero-order valence-electron chi connectivity index (χ0n) is 18.6. The molecule has 0 aliphatic heterocycles. The van der Waals surface area contributed by atoms with Crippen LogP contribution in [0.4, 0.5) is 5.69 Å². The van der Waals surface area contributed by atoms with Gasteiger partial charge in [0.05, 0.1) is 7.11 Å². The van der Waals surface area contributed by atoms with Crippen molar-refractivity contribution in [3.63, 3.8) is 0 Å². The molecule has 1 N–H and O–H groups in total. The first kappa shape index (κ1) is 23.5. The lowest BCUT2D eigenvalue weighted by Crippen LogP contribution is -2.13. The molecule has 4 aromatic rings. The van der Waals surface area contributed by atoms with Crippen LogP contribution in [-0.2, 0) is 14.9 Å². The fourth-order valence-electron chi connectivity index (χ4n) is 3.44. The molecule has 0 heterocycles. The van der Waals surface area contributed by atoms with Gasteiger partial charge in [0.1, 0.15) is 16.5 Å². The number of nitrogens with one attached hydrogen (secondary N) is 1. The van der Waals surface area contributed by atoms with Gasteiger partial charge in [-0.05, 0) is 47.4 Å². The van der Waals surface area contributed by atoms with Crippen molar-refractivity contribution in [3.8, 4) is 17.6 Å². The summed E-state index contributed by atoms with van der Waals surface area (Å²) >= 11 is 0. The number of carbonyl (C=O) groups excluding carboxylic acids is 1. The van der Waals surface area contributed by atoms with E-state index in [1.165, 1.54) is 43.5 Å². The van der Waals surface area contributed by atoms with Gasteiger partial charge < -0.3 is 14.2 Å². The van der Waals surface area contributed by atoms with E-state index in [-0.39, 0.29) is 22.0 Å². The van der Waals surface area contributed by atoms with Gasteiger partial charge in [-0.2, -0.15) is 13.7 Å². The lowest BCUT2D eigenvalue weighted by Gasteiger charge is -2.12. The quantitative estimate of drug-likeness (QED) is 0.221. The fourth-order valence-corrected chi connectivity index (χ4v) is 4.40. The maximum atomic E-state index is 12.8. The molecule has 0 aliphatic rings. The molecule has 0 fully saturated rings. The molecule has 8 heteroatoms. The second kappa shape index (κ2) is 10.1. The van der Waals surface area contributed by atoms with Gasteiger partial charge in [0.15, 0.2) is 11.5 Å². The average Bonchev–Trinajstić information content (AvgIpc) is 2.88. The highest BCUT2D eigenvalue weighted by molar-refractivity contribution is 7.87. The highest BCUT2D eigenvalue weighted by atomic mass is 32.2. The zero-order valence-corrected chi connectivity index (χ0v) is 19.5. The first-order valence-corrected chi connectivity index (χ1v) is 11.9. The standard InChI is InChI=1S/C27H20N2O5S/c1-33-26-17-19(14-15-25(26)34-35(31,32)22-10-3-2-4-11-22)16-21(18-28)27(30)29-24-13-7-9-20-8-5-6-12-23(20)24/h2-17H,1H3,(H,29,30)/b21-16+. The molecule has 0 aliphatic carbocycles. The summed E-state index contributed by atoms with van der Waals surface area (Å²) in [6.07, 6.45) is 1.39. The Bertz CT molecular complexity index is 1570. The number of methoxy groups -OCH3 is 1. The Kier molecular flexibility index (Phi) is 6.81. The summed E-state index contributed by atoms with van der Waals surface area (Å²) in [5, 5.41) is 14.2. The average molecular weight is 485 g/mol. The number of hydrogen-bond donors (Lipinski definition) is 1. The Balaban J connectivity index is 1.59. The molecule has 0 saturated heterocycles. The van der Waals surface area contributed by atoms with Crippen LogP contribution in [0.15, 0.2) is 101 Å². The summed E-state index contributed by atoms with van der Waals surface area (Å²) in [5.74, 6) is -0.466. The van der Waals surface area contributed by atoms with Crippen LogP contribution < -0.4 is 14.2 Å². The smallest absolute Gasteiger partial charge is 0.339 e.